The number of carbonyl (C=O) groups excluding carboxylic acids is 2. The van der Waals surface area contributed by atoms with Gasteiger partial charge in [-0.25, -0.2) is 0 Å². The molecule has 2 aromatic carbocycles. The van der Waals surface area contributed by atoms with Crippen molar-refractivity contribution in [2.75, 3.05) is 19.6 Å². The Balaban J connectivity index is 2.20. The molecule has 2 atom stereocenters. The van der Waals surface area contributed by atoms with Gasteiger partial charge < -0.3 is 26.8 Å². The summed E-state index contributed by atoms with van der Waals surface area (Å²) in [5, 5.41) is 20.5. The summed E-state index contributed by atoms with van der Waals surface area (Å²) < 4.78 is 0. The number of hydrogen-bond donors (Lipinski definition) is 5. The largest absolute Gasteiger partial charge is 0.390 e. The van der Waals surface area contributed by atoms with Gasteiger partial charge in [0.15, 0.2) is 0 Å². The van der Waals surface area contributed by atoms with Crippen LogP contribution in [-0.2, 0) is 16.0 Å². The van der Waals surface area contributed by atoms with Gasteiger partial charge in [0.25, 0.3) is 0 Å². The Morgan fingerprint density at radius 1 is 1.14 bits per heavy atom. The summed E-state index contributed by atoms with van der Waals surface area (Å²) >= 11 is 0. The highest BCUT2D eigenvalue weighted by molar-refractivity contribution is 5.92. The van der Waals surface area contributed by atoms with Crippen molar-refractivity contribution in [1.82, 2.24) is 16.0 Å². The molecule has 0 aliphatic carbocycles. The molecule has 29 heavy (non-hydrogen) atoms. The first kappa shape index (κ1) is 22.8. The monoisotopic (exact) mass is 400 g/mol. The van der Waals surface area contributed by atoms with Gasteiger partial charge >= 0.3 is 0 Å². The van der Waals surface area contributed by atoms with Gasteiger partial charge in [-0.1, -0.05) is 49.4 Å². The molecular formula is C22H32N4O3. The highest BCUT2D eigenvalue weighted by Gasteiger charge is 2.30. The average molecular weight is 401 g/mol. The Morgan fingerprint density at radius 3 is 2.48 bits per heavy atom. The average Bonchev–Trinajstić information content (AvgIpc) is 2.70. The zero-order valence-electron chi connectivity index (χ0n) is 17.4. The number of aliphatic hydroxyl groups is 1. The van der Waals surface area contributed by atoms with Crippen LogP contribution in [0.15, 0.2) is 42.5 Å². The molecule has 2 aromatic rings. The molecule has 2 rings (SSSR count). The van der Waals surface area contributed by atoms with Gasteiger partial charge in [0.1, 0.15) is 6.04 Å². The fourth-order valence-corrected chi connectivity index (χ4v) is 3.10. The number of carbonyl (C=O) groups is 2. The SMILES string of the molecule is CCNC(C)(C)C(=O)NC(Cc1ccc2ccccc2c1)C(=O)NCC(O)CN. The number of likely N-dealkylation sites (N-methyl/N-ethyl adjacent to an activating group) is 1. The van der Waals surface area contributed by atoms with E-state index in [1.165, 1.54) is 0 Å². The van der Waals surface area contributed by atoms with E-state index in [0.29, 0.717) is 13.0 Å². The van der Waals surface area contributed by atoms with E-state index in [4.69, 9.17) is 5.73 Å². The first-order valence-electron chi connectivity index (χ1n) is 9.96. The summed E-state index contributed by atoms with van der Waals surface area (Å²) in [6.45, 7) is 6.18. The van der Waals surface area contributed by atoms with Crippen molar-refractivity contribution in [3.05, 3.63) is 48.0 Å². The highest BCUT2D eigenvalue weighted by atomic mass is 16.3. The van der Waals surface area contributed by atoms with Crippen molar-refractivity contribution in [2.45, 2.75) is 44.9 Å². The highest BCUT2D eigenvalue weighted by Crippen LogP contribution is 2.17. The zero-order valence-corrected chi connectivity index (χ0v) is 17.4. The molecule has 0 heterocycles. The molecule has 2 unspecified atom stereocenters. The van der Waals surface area contributed by atoms with E-state index >= 15 is 0 Å². The number of nitrogens with two attached hydrogens (primary N) is 1. The topological polar surface area (TPSA) is 116 Å². The molecule has 6 N–H and O–H groups in total. The van der Waals surface area contributed by atoms with E-state index in [9.17, 15) is 14.7 Å². The van der Waals surface area contributed by atoms with E-state index < -0.39 is 17.7 Å². The Labute approximate surface area is 172 Å². The molecule has 0 aromatic heterocycles. The van der Waals surface area contributed by atoms with Crippen LogP contribution in [0, 0.1) is 0 Å². The van der Waals surface area contributed by atoms with Crippen molar-refractivity contribution in [3.8, 4) is 0 Å². The third-order valence-corrected chi connectivity index (χ3v) is 4.85. The molecule has 0 fully saturated rings. The Kier molecular flexibility index (Phi) is 8.13. The maximum Gasteiger partial charge on any atom is 0.243 e. The quantitative estimate of drug-likeness (QED) is 0.402. The molecule has 0 aliphatic rings. The number of fused-ring (bicyclic) bond motifs is 1. The number of benzene rings is 2. The van der Waals surface area contributed by atoms with Crippen LogP contribution in [0.2, 0.25) is 0 Å². The van der Waals surface area contributed by atoms with Crippen molar-refractivity contribution in [3.63, 3.8) is 0 Å². The maximum atomic E-state index is 12.8. The lowest BCUT2D eigenvalue weighted by Crippen LogP contribution is -2.58. The van der Waals surface area contributed by atoms with Gasteiger partial charge in [-0.2, -0.15) is 0 Å². The molecule has 0 bridgehead atoms. The second kappa shape index (κ2) is 10.3. The van der Waals surface area contributed by atoms with E-state index in [1.807, 2.05) is 49.4 Å². The number of rotatable bonds is 10. The van der Waals surface area contributed by atoms with Gasteiger partial charge in [0, 0.05) is 19.5 Å². The molecular weight excluding hydrogens is 368 g/mol. The molecule has 158 valence electrons. The Morgan fingerprint density at radius 2 is 1.83 bits per heavy atom. The van der Waals surface area contributed by atoms with Crippen molar-refractivity contribution >= 4 is 22.6 Å². The summed E-state index contributed by atoms with van der Waals surface area (Å²) in [5.74, 6) is -0.619. The lowest BCUT2D eigenvalue weighted by molar-refractivity contribution is -0.132. The van der Waals surface area contributed by atoms with Crippen molar-refractivity contribution in [2.24, 2.45) is 5.73 Å². The number of nitrogens with one attached hydrogen (secondary N) is 3. The molecule has 7 heteroatoms. The van der Waals surface area contributed by atoms with Crippen LogP contribution in [0.3, 0.4) is 0 Å². The van der Waals surface area contributed by atoms with Crippen LogP contribution < -0.4 is 21.7 Å². The molecule has 7 nitrogen and oxygen atoms in total. The molecule has 0 spiro atoms. The third kappa shape index (κ3) is 6.52. The van der Waals surface area contributed by atoms with Gasteiger partial charge in [0.05, 0.1) is 11.6 Å². The van der Waals surface area contributed by atoms with Crippen LogP contribution in [-0.4, -0.2) is 54.2 Å². The second-order valence-electron chi connectivity index (χ2n) is 7.70. The summed E-state index contributed by atoms with van der Waals surface area (Å²) in [7, 11) is 0. The van der Waals surface area contributed by atoms with Gasteiger partial charge in [-0.05, 0) is 36.7 Å². The first-order valence-corrected chi connectivity index (χ1v) is 9.96. The lowest BCUT2D eigenvalue weighted by Gasteiger charge is -2.28. The molecule has 0 saturated carbocycles. The fraction of sp³-hybridized carbons (Fsp3) is 0.455. The van der Waals surface area contributed by atoms with E-state index in [0.717, 1.165) is 16.3 Å². The van der Waals surface area contributed by atoms with Gasteiger partial charge in [0.2, 0.25) is 11.8 Å². The smallest absolute Gasteiger partial charge is 0.243 e. The minimum absolute atomic E-state index is 0.0377. The van der Waals surface area contributed by atoms with Crippen LogP contribution in [0.5, 0.6) is 0 Å². The number of hydrogen-bond acceptors (Lipinski definition) is 5. The standard InChI is InChI=1S/C22H32N4O3/c1-4-25-22(2,3)21(29)26-19(20(28)24-14-18(27)13-23)12-15-9-10-16-7-5-6-8-17(16)11-15/h5-11,18-19,25,27H,4,12-14,23H2,1-3H3,(H,24,28)(H,26,29). The van der Waals surface area contributed by atoms with E-state index in [-0.39, 0.29) is 24.9 Å². The van der Waals surface area contributed by atoms with Gasteiger partial charge in [-0.3, -0.25) is 9.59 Å². The maximum absolute atomic E-state index is 12.8. The number of aliphatic hydroxyl groups excluding tert-OH is 1. The predicted octanol–water partition coefficient (Wildman–Crippen LogP) is 0.691. The molecule has 2 amide bonds. The molecule has 0 aliphatic heterocycles. The Hall–Kier alpha value is -2.48. The minimum Gasteiger partial charge on any atom is -0.390 e. The van der Waals surface area contributed by atoms with Crippen LogP contribution in [0.4, 0.5) is 0 Å². The first-order chi connectivity index (χ1) is 13.8. The zero-order chi connectivity index (χ0) is 21.4. The van der Waals surface area contributed by atoms with Crippen LogP contribution >= 0.6 is 0 Å². The molecule has 0 saturated heterocycles. The minimum atomic E-state index is -0.825. The summed E-state index contributed by atoms with van der Waals surface area (Å²) in [5.41, 5.74) is 5.53. The van der Waals surface area contributed by atoms with E-state index in [2.05, 4.69) is 16.0 Å². The molecule has 0 radical (unpaired) electrons. The third-order valence-electron chi connectivity index (χ3n) is 4.85. The fourth-order valence-electron chi connectivity index (χ4n) is 3.10. The van der Waals surface area contributed by atoms with Crippen molar-refractivity contribution < 1.29 is 14.7 Å². The summed E-state index contributed by atoms with van der Waals surface area (Å²) in [6, 6.07) is 13.2. The van der Waals surface area contributed by atoms with Crippen LogP contribution in [0.1, 0.15) is 26.3 Å². The van der Waals surface area contributed by atoms with E-state index in [1.54, 1.807) is 13.8 Å². The van der Waals surface area contributed by atoms with Crippen LogP contribution in [0.25, 0.3) is 10.8 Å². The normalized spacial score (nSPS) is 13.7. The Bertz CT molecular complexity index is 838. The predicted molar refractivity (Wildman–Crippen MR) is 115 cm³/mol. The van der Waals surface area contributed by atoms with Gasteiger partial charge in [-0.15, -0.1) is 0 Å². The summed E-state index contributed by atoms with van der Waals surface area (Å²) in [6.07, 6.45) is -0.488. The van der Waals surface area contributed by atoms with Crippen molar-refractivity contribution in [1.29, 1.82) is 0 Å². The lowest BCUT2D eigenvalue weighted by atomic mass is 9.99. The summed E-state index contributed by atoms with van der Waals surface area (Å²) in [4.78, 5) is 25.5. The second-order valence-corrected chi connectivity index (χ2v) is 7.70. The number of amides is 2.